The molecule has 0 aliphatic heterocycles. The van der Waals surface area contributed by atoms with Crippen LogP contribution in [0.2, 0.25) is 0 Å². The molecule has 5 heteroatoms. The van der Waals surface area contributed by atoms with Gasteiger partial charge in [0.15, 0.2) is 0 Å². The summed E-state index contributed by atoms with van der Waals surface area (Å²) in [6.07, 6.45) is 3.77. The highest BCUT2D eigenvalue weighted by Crippen LogP contribution is 2.06. The zero-order valence-corrected chi connectivity index (χ0v) is 9.91. The summed E-state index contributed by atoms with van der Waals surface area (Å²) >= 11 is 0. The first-order valence-electron chi connectivity index (χ1n) is 5.35. The molecule has 0 aromatic carbocycles. The van der Waals surface area contributed by atoms with Crippen molar-refractivity contribution >= 4 is 0 Å². The Kier molecular flexibility index (Phi) is 3.05. The SMILES string of the molecule is Cc1[nH]ncc1CNCc1cnn(C)c1C. The normalized spacial score (nSPS) is 10.9. The number of hydrogen-bond acceptors (Lipinski definition) is 3. The predicted molar refractivity (Wildman–Crippen MR) is 61.8 cm³/mol. The fraction of sp³-hybridized carbons (Fsp3) is 0.455. The quantitative estimate of drug-likeness (QED) is 0.808. The van der Waals surface area contributed by atoms with Gasteiger partial charge in [0.1, 0.15) is 0 Å². The first kappa shape index (κ1) is 10.9. The average molecular weight is 219 g/mol. The minimum absolute atomic E-state index is 0.830. The van der Waals surface area contributed by atoms with Crippen LogP contribution in [0.3, 0.4) is 0 Å². The van der Waals surface area contributed by atoms with Crippen LogP contribution in [0, 0.1) is 13.8 Å². The van der Waals surface area contributed by atoms with Gasteiger partial charge in [-0.15, -0.1) is 0 Å². The summed E-state index contributed by atoms with van der Waals surface area (Å²) in [7, 11) is 1.96. The second-order valence-corrected chi connectivity index (χ2v) is 4.00. The molecule has 0 aliphatic carbocycles. The fourth-order valence-corrected chi connectivity index (χ4v) is 1.60. The van der Waals surface area contributed by atoms with Crippen LogP contribution in [0.5, 0.6) is 0 Å². The van der Waals surface area contributed by atoms with Gasteiger partial charge >= 0.3 is 0 Å². The lowest BCUT2D eigenvalue weighted by atomic mass is 10.2. The highest BCUT2D eigenvalue weighted by molar-refractivity contribution is 5.17. The van der Waals surface area contributed by atoms with E-state index in [1.807, 2.05) is 31.0 Å². The number of aromatic amines is 1. The molecule has 0 radical (unpaired) electrons. The van der Waals surface area contributed by atoms with Crippen molar-refractivity contribution in [2.75, 3.05) is 0 Å². The molecule has 0 amide bonds. The van der Waals surface area contributed by atoms with E-state index in [-0.39, 0.29) is 0 Å². The molecule has 0 saturated heterocycles. The van der Waals surface area contributed by atoms with E-state index in [0.717, 1.165) is 18.8 Å². The molecular weight excluding hydrogens is 202 g/mol. The van der Waals surface area contributed by atoms with Crippen molar-refractivity contribution in [2.24, 2.45) is 7.05 Å². The zero-order valence-electron chi connectivity index (χ0n) is 9.91. The molecule has 0 fully saturated rings. The molecular formula is C11H17N5. The topological polar surface area (TPSA) is 58.5 Å². The number of rotatable bonds is 4. The van der Waals surface area contributed by atoms with Gasteiger partial charge in [-0.1, -0.05) is 0 Å². The summed E-state index contributed by atoms with van der Waals surface area (Å²) in [6, 6.07) is 0. The Hall–Kier alpha value is -1.62. The molecule has 0 saturated carbocycles. The van der Waals surface area contributed by atoms with Crippen LogP contribution in [0.25, 0.3) is 0 Å². The largest absolute Gasteiger partial charge is 0.308 e. The second-order valence-electron chi connectivity index (χ2n) is 4.00. The van der Waals surface area contributed by atoms with E-state index in [9.17, 15) is 0 Å². The number of aromatic nitrogens is 4. The number of hydrogen-bond donors (Lipinski definition) is 2. The lowest BCUT2D eigenvalue weighted by molar-refractivity contribution is 0.682. The fourth-order valence-electron chi connectivity index (χ4n) is 1.60. The minimum atomic E-state index is 0.830. The molecule has 0 bridgehead atoms. The summed E-state index contributed by atoms with van der Waals surface area (Å²) in [5.74, 6) is 0. The molecule has 0 spiro atoms. The van der Waals surface area contributed by atoms with Crippen molar-refractivity contribution in [3.63, 3.8) is 0 Å². The highest BCUT2D eigenvalue weighted by atomic mass is 15.3. The van der Waals surface area contributed by atoms with Crippen molar-refractivity contribution in [1.82, 2.24) is 25.3 Å². The maximum absolute atomic E-state index is 4.21. The van der Waals surface area contributed by atoms with Crippen LogP contribution >= 0.6 is 0 Å². The third kappa shape index (κ3) is 2.14. The highest BCUT2D eigenvalue weighted by Gasteiger charge is 2.04. The molecule has 2 N–H and O–H groups in total. The summed E-state index contributed by atoms with van der Waals surface area (Å²) in [5, 5.41) is 14.5. The van der Waals surface area contributed by atoms with Crippen LogP contribution in [0.4, 0.5) is 0 Å². The maximum Gasteiger partial charge on any atom is 0.0537 e. The molecule has 0 aliphatic rings. The van der Waals surface area contributed by atoms with E-state index in [4.69, 9.17) is 0 Å². The Labute approximate surface area is 94.9 Å². The third-order valence-electron chi connectivity index (χ3n) is 2.90. The van der Waals surface area contributed by atoms with Gasteiger partial charge < -0.3 is 5.32 Å². The lowest BCUT2D eigenvalue weighted by Gasteiger charge is -2.03. The number of nitrogens with one attached hydrogen (secondary N) is 2. The molecule has 16 heavy (non-hydrogen) atoms. The first-order valence-corrected chi connectivity index (χ1v) is 5.35. The maximum atomic E-state index is 4.21. The molecule has 5 nitrogen and oxygen atoms in total. The molecule has 2 aromatic rings. The Bertz CT molecular complexity index is 468. The smallest absolute Gasteiger partial charge is 0.0537 e. The van der Waals surface area contributed by atoms with Crippen LogP contribution in [-0.4, -0.2) is 20.0 Å². The Morgan fingerprint density at radius 2 is 2.00 bits per heavy atom. The van der Waals surface area contributed by atoms with Crippen LogP contribution in [-0.2, 0) is 20.1 Å². The molecule has 86 valence electrons. The van der Waals surface area contributed by atoms with E-state index >= 15 is 0 Å². The van der Waals surface area contributed by atoms with Gasteiger partial charge in [0, 0.05) is 42.7 Å². The molecule has 2 aromatic heterocycles. The number of aryl methyl sites for hydroxylation is 2. The van der Waals surface area contributed by atoms with E-state index in [0.29, 0.717) is 0 Å². The van der Waals surface area contributed by atoms with E-state index < -0.39 is 0 Å². The van der Waals surface area contributed by atoms with E-state index in [1.165, 1.54) is 16.8 Å². The standard InChI is InChI=1S/C11H17N5/c1-8-10(6-13-15-8)4-12-5-11-7-14-16(3)9(11)2/h6-7,12H,4-5H2,1-3H3,(H,13,15). The van der Waals surface area contributed by atoms with E-state index in [2.05, 4.69) is 27.5 Å². The van der Waals surface area contributed by atoms with Crippen LogP contribution in [0.1, 0.15) is 22.5 Å². The van der Waals surface area contributed by atoms with Gasteiger partial charge in [-0.05, 0) is 13.8 Å². The van der Waals surface area contributed by atoms with Crippen LogP contribution in [0.15, 0.2) is 12.4 Å². The summed E-state index contributed by atoms with van der Waals surface area (Å²) in [5.41, 5.74) is 4.78. The van der Waals surface area contributed by atoms with Gasteiger partial charge in [0.2, 0.25) is 0 Å². The monoisotopic (exact) mass is 219 g/mol. The van der Waals surface area contributed by atoms with E-state index in [1.54, 1.807) is 0 Å². The lowest BCUT2D eigenvalue weighted by Crippen LogP contribution is -2.13. The van der Waals surface area contributed by atoms with Crippen molar-refractivity contribution in [3.05, 3.63) is 34.9 Å². The Morgan fingerprint density at radius 3 is 2.56 bits per heavy atom. The second kappa shape index (κ2) is 4.49. The molecule has 2 rings (SSSR count). The minimum Gasteiger partial charge on any atom is -0.308 e. The van der Waals surface area contributed by atoms with Gasteiger partial charge in [0.25, 0.3) is 0 Å². The van der Waals surface area contributed by atoms with Crippen molar-refractivity contribution in [3.8, 4) is 0 Å². The molecule has 2 heterocycles. The van der Waals surface area contributed by atoms with Gasteiger partial charge in [0.05, 0.1) is 12.4 Å². The predicted octanol–water partition coefficient (Wildman–Crippen LogP) is 1.05. The van der Waals surface area contributed by atoms with Crippen LogP contribution < -0.4 is 5.32 Å². The molecule has 0 unspecified atom stereocenters. The van der Waals surface area contributed by atoms with Crippen molar-refractivity contribution in [2.45, 2.75) is 26.9 Å². The number of H-pyrrole nitrogens is 1. The molecule has 0 atom stereocenters. The van der Waals surface area contributed by atoms with Crippen molar-refractivity contribution < 1.29 is 0 Å². The number of nitrogens with zero attached hydrogens (tertiary/aromatic N) is 3. The van der Waals surface area contributed by atoms with Crippen molar-refractivity contribution in [1.29, 1.82) is 0 Å². The third-order valence-corrected chi connectivity index (χ3v) is 2.90. The summed E-state index contributed by atoms with van der Waals surface area (Å²) in [4.78, 5) is 0. The summed E-state index contributed by atoms with van der Waals surface area (Å²) in [6.45, 7) is 5.77. The Balaban J connectivity index is 1.89. The average Bonchev–Trinajstić information content (AvgIpc) is 2.80. The zero-order chi connectivity index (χ0) is 11.5. The summed E-state index contributed by atoms with van der Waals surface area (Å²) < 4.78 is 1.89. The van der Waals surface area contributed by atoms with Gasteiger partial charge in [-0.25, -0.2) is 0 Å². The van der Waals surface area contributed by atoms with Gasteiger partial charge in [-0.2, -0.15) is 10.2 Å². The van der Waals surface area contributed by atoms with Gasteiger partial charge in [-0.3, -0.25) is 9.78 Å². The Morgan fingerprint density at radius 1 is 1.25 bits per heavy atom. The first-order chi connectivity index (χ1) is 7.68.